The van der Waals surface area contributed by atoms with Gasteiger partial charge in [-0.15, -0.1) is 0 Å². The first-order valence-electron chi connectivity index (χ1n) is 13.2. The summed E-state index contributed by atoms with van der Waals surface area (Å²) in [5, 5.41) is 0. The lowest BCUT2D eigenvalue weighted by atomic mass is 9.77. The Bertz CT molecular complexity index is 1230. The summed E-state index contributed by atoms with van der Waals surface area (Å²) in [6, 6.07) is 16.1. The fraction of sp³-hybridized carbons (Fsp3) is 0.419. The highest BCUT2D eigenvalue weighted by Gasteiger charge is 2.40. The van der Waals surface area contributed by atoms with Crippen LogP contribution in [0.25, 0.3) is 11.1 Å². The molecule has 3 aromatic rings. The van der Waals surface area contributed by atoms with E-state index in [4.69, 9.17) is 0 Å². The average molecular weight is 551 g/mol. The molecule has 210 valence electrons. The molecular formula is C31H32F6O2. The van der Waals surface area contributed by atoms with Crippen LogP contribution in [0.3, 0.4) is 0 Å². The number of aryl methyl sites for hydroxylation is 1. The van der Waals surface area contributed by atoms with E-state index in [-0.39, 0.29) is 11.3 Å². The fourth-order valence-electron chi connectivity index (χ4n) is 5.27. The van der Waals surface area contributed by atoms with Gasteiger partial charge in [0, 0.05) is 0 Å². The Labute approximate surface area is 225 Å². The molecule has 2 nitrogen and oxygen atoms in total. The van der Waals surface area contributed by atoms with E-state index in [1.54, 1.807) is 12.1 Å². The Morgan fingerprint density at radius 3 is 1.95 bits per heavy atom. The van der Waals surface area contributed by atoms with E-state index in [0.29, 0.717) is 5.92 Å². The first-order valence-corrected chi connectivity index (χ1v) is 13.2. The van der Waals surface area contributed by atoms with Crippen molar-refractivity contribution in [1.29, 1.82) is 0 Å². The molecule has 1 aliphatic rings. The quantitative estimate of drug-likeness (QED) is 0.247. The highest BCUT2D eigenvalue weighted by atomic mass is 19.4. The molecule has 8 heteroatoms. The van der Waals surface area contributed by atoms with Gasteiger partial charge in [0.2, 0.25) is 0 Å². The second kappa shape index (κ2) is 11.9. The standard InChI is InChI=1S/C31H32F6O2/c1-3-4-21-6-8-22(9-7-21)23-10-12-24(13-11-23)25-14-16-26(17-15-25)39-30(33,34)19-38-27-18-5-20(2)29(32)28(27)31(35,36)37/h5,10-18,21-22H,3-4,6-9,19H2,1-2H3. The van der Waals surface area contributed by atoms with Crippen LogP contribution in [-0.4, -0.2) is 12.7 Å². The predicted molar refractivity (Wildman–Crippen MR) is 139 cm³/mol. The number of rotatable bonds is 9. The molecule has 1 aliphatic carbocycles. The average Bonchev–Trinajstić information content (AvgIpc) is 2.90. The van der Waals surface area contributed by atoms with Gasteiger partial charge in [-0.2, -0.15) is 22.0 Å². The molecular weight excluding hydrogens is 518 g/mol. The van der Waals surface area contributed by atoms with E-state index in [0.717, 1.165) is 36.1 Å². The van der Waals surface area contributed by atoms with Crippen molar-refractivity contribution in [3.63, 3.8) is 0 Å². The number of benzene rings is 3. The number of ether oxygens (including phenoxy) is 2. The molecule has 0 heterocycles. The van der Waals surface area contributed by atoms with Gasteiger partial charge in [0.1, 0.15) is 22.9 Å². The van der Waals surface area contributed by atoms with Crippen molar-refractivity contribution in [1.82, 2.24) is 0 Å². The third-order valence-corrected chi connectivity index (χ3v) is 7.36. The summed E-state index contributed by atoms with van der Waals surface area (Å²) in [6.07, 6.45) is -1.60. The minimum Gasteiger partial charge on any atom is -0.482 e. The van der Waals surface area contributed by atoms with Crippen molar-refractivity contribution >= 4 is 0 Å². The zero-order valence-electron chi connectivity index (χ0n) is 22.0. The van der Waals surface area contributed by atoms with Crippen molar-refractivity contribution in [2.45, 2.75) is 70.6 Å². The molecule has 1 saturated carbocycles. The van der Waals surface area contributed by atoms with Crippen LogP contribution in [0.5, 0.6) is 11.5 Å². The maximum Gasteiger partial charge on any atom is 0.432 e. The van der Waals surface area contributed by atoms with Gasteiger partial charge < -0.3 is 9.47 Å². The van der Waals surface area contributed by atoms with Gasteiger partial charge >= 0.3 is 12.3 Å². The second-order valence-electron chi connectivity index (χ2n) is 10.2. The predicted octanol–water partition coefficient (Wildman–Crippen LogP) is 9.94. The van der Waals surface area contributed by atoms with Crippen molar-refractivity contribution in [2.75, 3.05) is 6.61 Å². The summed E-state index contributed by atoms with van der Waals surface area (Å²) in [4.78, 5) is 0. The first-order chi connectivity index (χ1) is 18.5. The van der Waals surface area contributed by atoms with Gasteiger partial charge in [-0.05, 0) is 84.9 Å². The van der Waals surface area contributed by atoms with Gasteiger partial charge in [-0.3, -0.25) is 0 Å². The Kier molecular flexibility index (Phi) is 8.82. The van der Waals surface area contributed by atoms with Gasteiger partial charge in [0.25, 0.3) is 0 Å². The number of halogens is 6. The highest BCUT2D eigenvalue weighted by Crippen LogP contribution is 2.40. The monoisotopic (exact) mass is 550 g/mol. The van der Waals surface area contributed by atoms with E-state index in [9.17, 15) is 26.3 Å². The zero-order valence-corrected chi connectivity index (χ0v) is 22.0. The van der Waals surface area contributed by atoms with Crippen LogP contribution in [0, 0.1) is 18.7 Å². The van der Waals surface area contributed by atoms with Crippen LogP contribution in [0.15, 0.2) is 60.7 Å². The van der Waals surface area contributed by atoms with Crippen molar-refractivity contribution < 1.29 is 35.8 Å². The third-order valence-electron chi connectivity index (χ3n) is 7.36. The molecule has 0 N–H and O–H groups in total. The van der Waals surface area contributed by atoms with Crippen LogP contribution >= 0.6 is 0 Å². The maximum atomic E-state index is 14.4. The first kappa shape index (κ1) is 28.8. The highest BCUT2D eigenvalue weighted by molar-refractivity contribution is 5.64. The van der Waals surface area contributed by atoms with E-state index < -0.39 is 36.0 Å². The topological polar surface area (TPSA) is 18.5 Å². The molecule has 0 bridgehead atoms. The van der Waals surface area contributed by atoms with Crippen LogP contribution in [0.4, 0.5) is 26.3 Å². The van der Waals surface area contributed by atoms with Crippen LogP contribution < -0.4 is 9.47 Å². The van der Waals surface area contributed by atoms with Gasteiger partial charge in [-0.25, -0.2) is 4.39 Å². The Hall–Kier alpha value is -3.16. The van der Waals surface area contributed by atoms with E-state index >= 15 is 0 Å². The minimum atomic E-state index is -5.11. The van der Waals surface area contributed by atoms with Crippen LogP contribution in [0.1, 0.15) is 68.1 Å². The number of hydrogen-bond acceptors (Lipinski definition) is 2. The van der Waals surface area contributed by atoms with Crippen LogP contribution in [-0.2, 0) is 6.18 Å². The molecule has 0 aliphatic heterocycles. The van der Waals surface area contributed by atoms with Gasteiger partial charge in [0.05, 0.1) is 0 Å². The van der Waals surface area contributed by atoms with Gasteiger partial charge in [0.15, 0.2) is 6.61 Å². The maximum absolute atomic E-state index is 14.4. The molecule has 0 saturated heterocycles. The Morgan fingerprint density at radius 1 is 0.795 bits per heavy atom. The smallest absolute Gasteiger partial charge is 0.432 e. The van der Waals surface area contributed by atoms with E-state index in [1.165, 1.54) is 56.2 Å². The molecule has 0 amide bonds. The summed E-state index contributed by atoms with van der Waals surface area (Å²) in [6.45, 7) is 1.85. The largest absolute Gasteiger partial charge is 0.482 e. The second-order valence-corrected chi connectivity index (χ2v) is 10.2. The summed E-state index contributed by atoms with van der Waals surface area (Å²) in [5.74, 6) is -1.36. The van der Waals surface area contributed by atoms with Crippen molar-refractivity contribution in [3.8, 4) is 22.6 Å². The summed E-state index contributed by atoms with van der Waals surface area (Å²) < 4.78 is 91.9. The molecule has 0 radical (unpaired) electrons. The summed E-state index contributed by atoms with van der Waals surface area (Å²) in [5.41, 5.74) is 1.06. The molecule has 4 rings (SSSR count). The van der Waals surface area contributed by atoms with Gasteiger partial charge in [-0.1, -0.05) is 62.2 Å². The molecule has 0 aromatic heterocycles. The molecule has 0 spiro atoms. The zero-order chi connectivity index (χ0) is 28.2. The molecule has 0 atom stereocenters. The molecule has 0 unspecified atom stereocenters. The lowest BCUT2D eigenvalue weighted by molar-refractivity contribution is -0.197. The Balaban J connectivity index is 1.36. The van der Waals surface area contributed by atoms with E-state index in [2.05, 4.69) is 28.5 Å². The lowest BCUT2D eigenvalue weighted by Gasteiger charge is -2.28. The lowest BCUT2D eigenvalue weighted by Crippen LogP contribution is -2.33. The number of hydrogen-bond donors (Lipinski definition) is 0. The normalized spacial score (nSPS) is 18.2. The molecule has 1 fully saturated rings. The third kappa shape index (κ3) is 7.28. The minimum absolute atomic E-state index is 0.182. The van der Waals surface area contributed by atoms with Crippen LogP contribution in [0.2, 0.25) is 0 Å². The van der Waals surface area contributed by atoms with Crippen molar-refractivity contribution in [3.05, 3.63) is 83.2 Å². The molecule has 3 aromatic carbocycles. The number of alkyl halides is 5. The SMILES string of the molecule is CCCC1CCC(c2ccc(-c3ccc(OC(F)(F)COc4ccc(C)c(F)c4C(F)(F)F)cc3)cc2)CC1. The van der Waals surface area contributed by atoms with E-state index in [1.807, 2.05) is 12.1 Å². The Morgan fingerprint density at radius 2 is 1.38 bits per heavy atom. The summed E-state index contributed by atoms with van der Waals surface area (Å²) in [7, 11) is 0. The summed E-state index contributed by atoms with van der Waals surface area (Å²) >= 11 is 0. The fourth-order valence-corrected chi connectivity index (χ4v) is 5.27. The van der Waals surface area contributed by atoms with Crippen molar-refractivity contribution in [2.24, 2.45) is 5.92 Å². The molecule has 39 heavy (non-hydrogen) atoms.